The molecule has 0 radical (unpaired) electrons. The molecule has 0 amide bonds. The molecule has 0 spiro atoms. The van der Waals surface area contributed by atoms with Crippen LogP contribution in [-0.4, -0.2) is 45.9 Å². The minimum atomic E-state index is -3.23. The van der Waals surface area contributed by atoms with Gasteiger partial charge in [0.05, 0.1) is 5.56 Å². The molecule has 8 nitrogen and oxygen atoms in total. The first-order valence-electron chi connectivity index (χ1n) is 7.92. The van der Waals surface area contributed by atoms with Crippen molar-refractivity contribution in [2.75, 3.05) is 13.3 Å². The van der Waals surface area contributed by atoms with Crippen LogP contribution >= 0.6 is 0 Å². The van der Waals surface area contributed by atoms with Gasteiger partial charge in [0.1, 0.15) is 13.3 Å². The lowest BCUT2D eigenvalue weighted by Gasteiger charge is -2.31. The number of H-pyrrole nitrogens is 1. The van der Waals surface area contributed by atoms with Gasteiger partial charge < -0.3 is 14.6 Å². The van der Waals surface area contributed by atoms with Crippen LogP contribution in [0.2, 0.25) is 0 Å². The maximum Gasteiger partial charge on any atom is 0.339 e. The van der Waals surface area contributed by atoms with Crippen molar-refractivity contribution in [3.05, 3.63) is 69.0 Å². The van der Waals surface area contributed by atoms with E-state index in [1.807, 2.05) is 10.9 Å². The summed E-state index contributed by atoms with van der Waals surface area (Å²) in [4.78, 5) is 36.8. The van der Waals surface area contributed by atoms with Gasteiger partial charge in [-0.25, -0.2) is 18.4 Å². The molecule has 0 aliphatic rings. The average Bonchev–Trinajstić information content (AvgIpc) is 2.71. The number of carbonyl (C=O) groups is 1. The molecule has 0 aliphatic carbocycles. The number of hydrogen-bond donors (Lipinski definition) is 2. The number of benzene rings is 1. The summed E-state index contributed by atoms with van der Waals surface area (Å²) in [6, 6.07) is 8.38. The van der Waals surface area contributed by atoms with Crippen LogP contribution in [0.3, 0.4) is 0 Å². The van der Waals surface area contributed by atoms with Crippen molar-refractivity contribution in [2.45, 2.75) is 18.2 Å². The Balaban J connectivity index is 2.27. The van der Waals surface area contributed by atoms with E-state index in [2.05, 4.69) is 0 Å². The van der Waals surface area contributed by atoms with Crippen LogP contribution < -0.4 is 11.2 Å². The fourth-order valence-corrected chi connectivity index (χ4v) is 2.22. The zero-order valence-corrected chi connectivity index (χ0v) is 14.4. The number of halogens is 2. The number of rotatable bonds is 8. The quantitative estimate of drug-likeness (QED) is 0.500. The number of aromatic nitrogens is 2. The molecule has 3 atom stereocenters. The molecule has 1 heterocycles. The van der Waals surface area contributed by atoms with Gasteiger partial charge in [0.2, 0.25) is 6.10 Å². The standard InChI is InChI=1S/C18H16F2N2O6/c1-2-13(27-16(25)12-6-4-3-5-7-12)18(20,11-23)28-15(10-19)22-9-8-14(24)21-17(22)26/h1,3-9,13,15,23H,10-11H2,(H,21,24,26)/t13-,15+,18+/m0/s1. The number of ether oxygens (including phenoxy) is 2. The minimum Gasteiger partial charge on any atom is -0.439 e. The first-order valence-corrected chi connectivity index (χ1v) is 7.92. The molecule has 0 aliphatic heterocycles. The van der Waals surface area contributed by atoms with Gasteiger partial charge in [0, 0.05) is 12.3 Å². The SMILES string of the molecule is C#C[C@H](OC(=O)c1ccccc1)[C@@](F)(CO)O[C@H](CF)n1ccc(=O)[nH]c1=O. The van der Waals surface area contributed by atoms with Gasteiger partial charge in [-0.05, 0) is 12.1 Å². The first-order chi connectivity index (χ1) is 13.3. The Kier molecular flexibility index (Phi) is 6.81. The first kappa shape index (κ1) is 21.0. The molecule has 0 saturated heterocycles. The van der Waals surface area contributed by atoms with Crippen molar-refractivity contribution >= 4 is 5.97 Å². The van der Waals surface area contributed by atoms with E-state index in [4.69, 9.17) is 15.9 Å². The number of nitrogens with one attached hydrogen (secondary N) is 1. The van der Waals surface area contributed by atoms with Crippen molar-refractivity contribution in [1.29, 1.82) is 0 Å². The van der Waals surface area contributed by atoms with Crippen molar-refractivity contribution in [3.8, 4) is 12.3 Å². The van der Waals surface area contributed by atoms with Crippen LogP contribution in [0.1, 0.15) is 16.6 Å². The molecule has 1 aromatic carbocycles. The normalized spacial score (nSPS) is 15.1. The fraction of sp³-hybridized carbons (Fsp3) is 0.278. The summed E-state index contributed by atoms with van der Waals surface area (Å²) in [5.74, 6) is -2.40. The fourth-order valence-electron chi connectivity index (χ4n) is 2.22. The monoisotopic (exact) mass is 394 g/mol. The molecule has 0 bridgehead atoms. The zero-order chi connectivity index (χ0) is 20.7. The molecule has 0 fully saturated rings. The predicted octanol–water partition coefficient (Wildman–Crippen LogP) is 0.538. The third-order valence-corrected chi connectivity index (χ3v) is 3.62. The molecule has 0 saturated carbocycles. The Bertz CT molecular complexity index is 968. The van der Waals surface area contributed by atoms with Crippen LogP contribution in [0.15, 0.2) is 52.2 Å². The summed E-state index contributed by atoms with van der Waals surface area (Å²) in [5, 5.41) is 9.42. The van der Waals surface area contributed by atoms with Crippen LogP contribution in [0.5, 0.6) is 0 Å². The van der Waals surface area contributed by atoms with Crippen molar-refractivity contribution in [2.24, 2.45) is 0 Å². The second-order valence-corrected chi connectivity index (χ2v) is 5.51. The van der Waals surface area contributed by atoms with Gasteiger partial charge in [0.25, 0.3) is 11.4 Å². The lowest BCUT2D eigenvalue weighted by atomic mass is 10.1. The molecule has 2 rings (SSSR count). The molecule has 28 heavy (non-hydrogen) atoms. The maximum atomic E-state index is 15.1. The van der Waals surface area contributed by atoms with Crippen molar-refractivity contribution in [1.82, 2.24) is 9.55 Å². The topological polar surface area (TPSA) is 111 Å². The number of aliphatic hydroxyl groups excluding tert-OH is 1. The van der Waals surface area contributed by atoms with Gasteiger partial charge in [-0.3, -0.25) is 14.3 Å². The lowest BCUT2D eigenvalue weighted by molar-refractivity contribution is -0.255. The molecule has 2 aromatic rings. The zero-order valence-electron chi connectivity index (χ0n) is 14.4. The minimum absolute atomic E-state index is 0.0573. The number of terminal acetylenes is 1. The van der Waals surface area contributed by atoms with Crippen molar-refractivity contribution < 1.29 is 28.2 Å². The van der Waals surface area contributed by atoms with E-state index in [0.717, 1.165) is 12.3 Å². The van der Waals surface area contributed by atoms with Crippen LogP contribution in [0, 0.1) is 12.3 Å². The summed E-state index contributed by atoms with van der Waals surface area (Å²) < 4.78 is 38.8. The highest BCUT2D eigenvalue weighted by Gasteiger charge is 2.45. The summed E-state index contributed by atoms with van der Waals surface area (Å²) in [5.41, 5.74) is -1.78. The summed E-state index contributed by atoms with van der Waals surface area (Å²) in [6.45, 7) is -2.82. The van der Waals surface area contributed by atoms with E-state index in [0.29, 0.717) is 4.57 Å². The molecular formula is C18H16F2N2O6. The molecule has 148 valence electrons. The third-order valence-electron chi connectivity index (χ3n) is 3.62. The van der Waals surface area contributed by atoms with E-state index in [1.165, 1.54) is 24.3 Å². The Hall–Kier alpha value is -3.29. The number of hydrogen-bond acceptors (Lipinski definition) is 6. The highest BCUT2D eigenvalue weighted by Crippen LogP contribution is 2.27. The number of esters is 1. The number of alkyl halides is 2. The molecule has 0 unspecified atom stereocenters. The highest BCUT2D eigenvalue weighted by atomic mass is 19.2. The van der Waals surface area contributed by atoms with Gasteiger partial charge in [-0.2, -0.15) is 0 Å². The Morgan fingerprint density at radius 3 is 2.54 bits per heavy atom. The summed E-state index contributed by atoms with van der Waals surface area (Å²) in [6.07, 6.45) is 2.12. The average molecular weight is 394 g/mol. The van der Waals surface area contributed by atoms with Gasteiger partial charge in [-0.15, -0.1) is 6.42 Å². The third kappa shape index (κ3) is 4.70. The Morgan fingerprint density at radius 2 is 2.00 bits per heavy atom. The Morgan fingerprint density at radius 1 is 1.32 bits per heavy atom. The molecular weight excluding hydrogens is 378 g/mol. The highest BCUT2D eigenvalue weighted by molar-refractivity contribution is 5.89. The summed E-state index contributed by atoms with van der Waals surface area (Å²) in [7, 11) is 0. The van der Waals surface area contributed by atoms with E-state index in [9.17, 15) is 23.9 Å². The van der Waals surface area contributed by atoms with Crippen molar-refractivity contribution in [3.63, 3.8) is 0 Å². The van der Waals surface area contributed by atoms with Gasteiger partial charge in [0.15, 0.2) is 6.23 Å². The lowest BCUT2D eigenvalue weighted by Crippen LogP contribution is -2.49. The predicted molar refractivity (Wildman–Crippen MR) is 92.8 cm³/mol. The number of aromatic amines is 1. The number of nitrogens with zero attached hydrogens (tertiary/aromatic N) is 1. The van der Waals surface area contributed by atoms with Gasteiger partial charge >= 0.3 is 11.7 Å². The molecule has 10 heteroatoms. The second-order valence-electron chi connectivity index (χ2n) is 5.51. The number of aliphatic hydroxyl groups is 1. The number of carbonyl (C=O) groups excluding carboxylic acids is 1. The smallest absolute Gasteiger partial charge is 0.339 e. The second kappa shape index (κ2) is 9.07. The van der Waals surface area contributed by atoms with Gasteiger partial charge in [-0.1, -0.05) is 24.1 Å². The molecule has 2 N–H and O–H groups in total. The van der Waals surface area contributed by atoms with E-state index in [-0.39, 0.29) is 5.56 Å². The molecule has 1 aromatic heterocycles. The Labute approximate surface area is 157 Å². The van der Waals surface area contributed by atoms with E-state index < -0.39 is 48.7 Å². The maximum absolute atomic E-state index is 15.1. The van der Waals surface area contributed by atoms with E-state index in [1.54, 1.807) is 6.07 Å². The summed E-state index contributed by atoms with van der Waals surface area (Å²) >= 11 is 0. The van der Waals surface area contributed by atoms with Crippen LogP contribution in [0.4, 0.5) is 8.78 Å². The largest absolute Gasteiger partial charge is 0.439 e. The van der Waals surface area contributed by atoms with E-state index >= 15 is 4.39 Å². The van der Waals surface area contributed by atoms with Crippen LogP contribution in [0.25, 0.3) is 0 Å². The van der Waals surface area contributed by atoms with Crippen LogP contribution in [-0.2, 0) is 9.47 Å².